The van der Waals surface area contributed by atoms with Crippen LogP contribution in [0.2, 0.25) is 0 Å². The molecule has 0 amide bonds. The summed E-state index contributed by atoms with van der Waals surface area (Å²) in [7, 11) is -3.82. The molecule has 0 atom stereocenters. The van der Waals surface area contributed by atoms with E-state index in [-0.39, 0.29) is 12.2 Å². The van der Waals surface area contributed by atoms with Gasteiger partial charge in [0.05, 0.1) is 5.52 Å². The lowest BCUT2D eigenvalue weighted by Gasteiger charge is -2.07. The predicted octanol–water partition coefficient (Wildman–Crippen LogP) is 1.16. The quantitative estimate of drug-likeness (QED) is 0.747. The zero-order valence-electron chi connectivity index (χ0n) is 12.2. The summed E-state index contributed by atoms with van der Waals surface area (Å²) in [6.45, 7) is 1.85. The molecule has 0 radical (unpaired) electrons. The Balaban J connectivity index is 1.96. The third-order valence-electron chi connectivity index (χ3n) is 3.32. The summed E-state index contributed by atoms with van der Waals surface area (Å²) in [4.78, 5) is 0. The second-order valence-corrected chi connectivity index (χ2v) is 6.52. The fourth-order valence-electron chi connectivity index (χ4n) is 2.23. The van der Waals surface area contributed by atoms with E-state index in [1.165, 1.54) is 16.8 Å². The molecule has 0 aliphatic carbocycles. The van der Waals surface area contributed by atoms with Crippen LogP contribution in [0.3, 0.4) is 0 Å². The molecule has 3 N–H and O–H groups in total. The minimum Gasteiger partial charge on any atom is -0.216 e. The van der Waals surface area contributed by atoms with Crippen LogP contribution in [-0.4, -0.2) is 23.4 Å². The van der Waals surface area contributed by atoms with E-state index in [1.54, 1.807) is 6.07 Å². The number of nitrogens with one attached hydrogen (secondary N) is 1. The number of rotatable bonds is 4. The largest absolute Gasteiger partial charge is 0.274 e. The zero-order valence-corrected chi connectivity index (χ0v) is 13.0. The first kappa shape index (κ1) is 15.5. The van der Waals surface area contributed by atoms with Crippen molar-refractivity contribution in [2.75, 3.05) is 0 Å². The molecule has 0 spiro atoms. The number of fused-ring (bicyclic) bond motifs is 1. The Morgan fingerprint density at radius 3 is 2.74 bits per heavy atom. The standard InChI is InChI=1S/C14H14FN5O2S/c1-9-2-4-14-12(6-9)18-19-20(14)13-5-3-10(7-11(13)15)8-17-23(16,21)22/h2-7,17H,8H2,1H3,(H2,16,21,22). The van der Waals surface area contributed by atoms with Gasteiger partial charge in [-0.3, -0.25) is 0 Å². The van der Waals surface area contributed by atoms with Gasteiger partial charge in [-0.25, -0.2) is 14.2 Å². The monoisotopic (exact) mass is 335 g/mol. The molecule has 0 bridgehead atoms. The van der Waals surface area contributed by atoms with E-state index in [0.29, 0.717) is 16.6 Å². The maximum absolute atomic E-state index is 14.3. The first-order valence-electron chi connectivity index (χ1n) is 6.72. The summed E-state index contributed by atoms with van der Waals surface area (Å²) in [5.41, 5.74) is 3.07. The Bertz CT molecular complexity index is 984. The maximum atomic E-state index is 14.3. The topological polar surface area (TPSA) is 103 Å². The van der Waals surface area contributed by atoms with Gasteiger partial charge in [-0.1, -0.05) is 17.3 Å². The van der Waals surface area contributed by atoms with Gasteiger partial charge in [0.15, 0.2) is 0 Å². The van der Waals surface area contributed by atoms with Crippen molar-refractivity contribution in [1.29, 1.82) is 0 Å². The number of aryl methyl sites for hydroxylation is 1. The summed E-state index contributed by atoms with van der Waals surface area (Å²) < 4.78 is 39.6. The number of hydrogen-bond donors (Lipinski definition) is 2. The highest BCUT2D eigenvalue weighted by Gasteiger charge is 2.12. The normalized spacial score (nSPS) is 12.0. The van der Waals surface area contributed by atoms with Crippen molar-refractivity contribution >= 4 is 21.2 Å². The molecule has 1 aromatic heterocycles. The van der Waals surface area contributed by atoms with Gasteiger partial charge in [0, 0.05) is 6.54 Å². The van der Waals surface area contributed by atoms with Crippen LogP contribution in [0.1, 0.15) is 11.1 Å². The fraction of sp³-hybridized carbons (Fsp3) is 0.143. The summed E-state index contributed by atoms with van der Waals surface area (Å²) in [6, 6.07) is 9.92. The molecule has 120 valence electrons. The Morgan fingerprint density at radius 2 is 2.04 bits per heavy atom. The van der Waals surface area contributed by atoms with Crippen LogP contribution in [0.5, 0.6) is 0 Å². The Hall–Kier alpha value is -2.36. The number of nitrogens with zero attached hydrogens (tertiary/aromatic N) is 3. The third-order valence-corrected chi connectivity index (χ3v) is 3.87. The van der Waals surface area contributed by atoms with Gasteiger partial charge in [-0.05, 0) is 42.3 Å². The molecular formula is C14H14FN5O2S. The van der Waals surface area contributed by atoms with Crippen LogP contribution in [0.25, 0.3) is 16.7 Å². The first-order chi connectivity index (χ1) is 10.8. The molecule has 0 fully saturated rings. The van der Waals surface area contributed by atoms with E-state index >= 15 is 0 Å². The Morgan fingerprint density at radius 1 is 1.26 bits per heavy atom. The molecule has 3 aromatic rings. The van der Waals surface area contributed by atoms with E-state index < -0.39 is 16.0 Å². The molecule has 1 heterocycles. The van der Waals surface area contributed by atoms with Gasteiger partial charge in [0.1, 0.15) is 17.0 Å². The number of halogens is 1. The average Bonchev–Trinajstić information content (AvgIpc) is 2.87. The number of hydrogen-bond acceptors (Lipinski definition) is 4. The van der Waals surface area contributed by atoms with E-state index in [4.69, 9.17) is 5.14 Å². The second kappa shape index (κ2) is 5.69. The maximum Gasteiger partial charge on any atom is 0.274 e. The molecule has 0 saturated carbocycles. The van der Waals surface area contributed by atoms with Crippen molar-refractivity contribution < 1.29 is 12.8 Å². The van der Waals surface area contributed by atoms with Gasteiger partial charge >= 0.3 is 0 Å². The van der Waals surface area contributed by atoms with Gasteiger partial charge in [-0.2, -0.15) is 13.1 Å². The van der Waals surface area contributed by atoms with Crippen LogP contribution >= 0.6 is 0 Å². The molecular weight excluding hydrogens is 321 g/mol. The summed E-state index contributed by atoms with van der Waals surface area (Å²) in [5, 5.41) is 12.9. The van der Waals surface area contributed by atoms with Crippen LogP contribution in [-0.2, 0) is 16.8 Å². The molecule has 9 heteroatoms. The molecule has 3 rings (SSSR count). The van der Waals surface area contributed by atoms with Gasteiger partial charge in [0.25, 0.3) is 10.2 Å². The van der Waals surface area contributed by atoms with Crippen molar-refractivity contribution in [2.45, 2.75) is 13.5 Å². The summed E-state index contributed by atoms with van der Waals surface area (Å²) in [6.07, 6.45) is 0. The smallest absolute Gasteiger partial charge is 0.216 e. The minimum atomic E-state index is -3.82. The Kier molecular flexibility index (Phi) is 3.84. The highest BCUT2D eigenvalue weighted by atomic mass is 32.2. The average molecular weight is 335 g/mol. The van der Waals surface area contributed by atoms with Crippen LogP contribution in [0.4, 0.5) is 4.39 Å². The predicted molar refractivity (Wildman–Crippen MR) is 83.5 cm³/mol. The van der Waals surface area contributed by atoms with Crippen molar-refractivity contribution in [1.82, 2.24) is 19.7 Å². The fourth-order valence-corrected chi connectivity index (χ4v) is 2.60. The lowest BCUT2D eigenvalue weighted by atomic mass is 10.2. The van der Waals surface area contributed by atoms with Crippen LogP contribution in [0, 0.1) is 12.7 Å². The number of benzene rings is 2. The van der Waals surface area contributed by atoms with E-state index in [9.17, 15) is 12.8 Å². The highest BCUT2D eigenvalue weighted by Crippen LogP contribution is 2.20. The van der Waals surface area contributed by atoms with Gasteiger partial charge in [-0.15, -0.1) is 5.10 Å². The molecule has 0 saturated heterocycles. The molecule has 0 aliphatic rings. The summed E-state index contributed by atoms with van der Waals surface area (Å²) >= 11 is 0. The molecule has 2 aromatic carbocycles. The van der Waals surface area contributed by atoms with Gasteiger partial charge in [0.2, 0.25) is 0 Å². The molecule has 7 nitrogen and oxygen atoms in total. The van der Waals surface area contributed by atoms with Crippen molar-refractivity contribution in [2.24, 2.45) is 5.14 Å². The second-order valence-electron chi connectivity index (χ2n) is 5.15. The van der Waals surface area contributed by atoms with Crippen molar-refractivity contribution in [3.8, 4) is 5.69 Å². The van der Waals surface area contributed by atoms with Gasteiger partial charge < -0.3 is 0 Å². The third kappa shape index (κ3) is 3.36. The summed E-state index contributed by atoms with van der Waals surface area (Å²) in [5.74, 6) is -0.536. The van der Waals surface area contributed by atoms with Crippen molar-refractivity contribution in [3.05, 3.63) is 53.3 Å². The van der Waals surface area contributed by atoms with Crippen LogP contribution in [0.15, 0.2) is 36.4 Å². The van der Waals surface area contributed by atoms with E-state index in [0.717, 1.165) is 5.56 Å². The SMILES string of the molecule is Cc1ccc2c(c1)nnn2-c1ccc(CNS(N)(=O)=O)cc1F. The number of nitrogens with two attached hydrogens (primary N) is 1. The van der Waals surface area contributed by atoms with E-state index in [2.05, 4.69) is 15.0 Å². The Labute approximate surface area is 132 Å². The lowest BCUT2D eigenvalue weighted by Crippen LogP contribution is -2.30. The van der Waals surface area contributed by atoms with Crippen molar-refractivity contribution in [3.63, 3.8) is 0 Å². The number of aromatic nitrogens is 3. The molecule has 23 heavy (non-hydrogen) atoms. The van der Waals surface area contributed by atoms with Crippen LogP contribution < -0.4 is 9.86 Å². The first-order valence-corrected chi connectivity index (χ1v) is 8.26. The lowest BCUT2D eigenvalue weighted by molar-refractivity contribution is 0.581. The molecule has 0 unspecified atom stereocenters. The van der Waals surface area contributed by atoms with E-state index in [1.807, 2.05) is 25.1 Å². The zero-order chi connectivity index (χ0) is 16.6. The minimum absolute atomic E-state index is 0.0899. The molecule has 0 aliphatic heterocycles. The highest BCUT2D eigenvalue weighted by molar-refractivity contribution is 7.87.